The molecular formula is C4H11AgNO3. The normalized spacial score (nSPS) is 10.7. The molecule has 0 saturated heterocycles. The molecule has 4 nitrogen and oxygen atoms in total. The van der Waals surface area contributed by atoms with Crippen LogP contribution in [0.25, 0.3) is 0 Å². The first-order chi connectivity index (χ1) is 3.68. The Morgan fingerprint density at radius 2 is 1.22 bits per heavy atom. The molecule has 61 valence electrons. The largest absolute Gasteiger partial charge is 0.394 e. The SMILES string of the molecule is NC(CO)(CO)CO.[Ag]. The molecule has 0 aliphatic carbocycles. The summed E-state index contributed by atoms with van der Waals surface area (Å²) in [7, 11) is 0. The molecule has 0 aromatic rings. The van der Waals surface area contributed by atoms with Crippen molar-refractivity contribution in [2.24, 2.45) is 5.73 Å². The molecule has 9 heavy (non-hydrogen) atoms. The van der Waals surface area contributed by atoms with Gasteiger partial charge in [0.05, 0.1) is 25.4 Å². The minimum Gasteiger partial charge on any atom is -0.394 e. The van der Waals surface area contributed by atoms with Crippen molar-refractivity contribution in [1.29, 1.82) is 0 Å². The first-order valence-electron chi connectivity index (χ1n) is 2.30. The van der Waals surface area contributed by atoms with E-state index in [9.17, 15) is 0 Å². The molecule has 5 N–H and O–H groups in total. The number of nitrogens with two attached hydrogens (primary N) is 1. The maximum Gasteiger partial charge on any atom is 0.0856 e. The first-order valence-corrected chi connectivity index (χ1v) is 2.30. The van der Waals surface area contributed by atoms with Crippen LogP contribution in [0.2, 0.25) is 0 Å². The Balaban J connectivity index is 0. The molecule has 5 heteroatoms. The van der Waals surface area contributed by atoms with Gasteiger partial charge < -0.3 is 21.1 Å². The van der Waals surface area contributed by atoms with Crippen molar-refractivity contribution in [1.82, 2.24) is 0 Å². The number of rotatable bonds is 3. The molecule has 0 atom stereocenters. The van der Waals surface area contributed by atoms with Gasteiger partial charge in [-0.15, -0.1) is 0 Å². The van der Waals surface area contributed by atoms with Crippen molar-refractivity contribution in [3.05, 3.63) is 0 Å². The van der Waals surface area contributed by atoms with Gasteiger partial charge in [0.2, 0.25) is 0 Å². The van der Waals surface area contributed by atoms with Crippen molar-refractivity contribution in [2.75, 3.05) is 19.8 Å². The maximum atomic E-state index is 8.34. The third-order valence-electron chi connectivity index (χ3n) is 0.945. The van der Waals surface area contributed by atoms with Crippen LogP contribution in [-0.2, 0) is 22.4 Å². The standard InChI is InChI=1S/C4H11NO3.Ag/c5-4(1-6,2-7)3-8;/h6-8H,1-3,5H2;. The molecule has 0 bridgehead atoms. The fraction of sp³-hybridized carbons (Fsp3) is 1.00. The van der Waals surface area contributed by atoms with Crippen LogP contribution in [0.1, 0.15) is 0 Å². The van der Waals surface area contributed by atoms with E-state index in [1.54, 1.807) is 0 Å². The van der Waals surface area contributed by atoms with E-state index in [4.69, 9.17) is 21.1 Å². The zero-order chi connectivity index (χ0) is 6.62. The number of aliphatic hydroxyl groups is 3. The topological polar surface area (TPSA) is 86.7 Å². The van der Waals surface area contributed by atoms with Gasteiger partial charge in [-0.25, -0.2) is 0 Å². The molecule has 0 amide bonds. The minimum atomic E-state index is -1.21. The average molecular weight is 229 g/mol. The Hall–Kier alpha value is 0.580. The third kappa shape index (κ3) is 4.05. The molecule has 0 saturated carbocycles. The Morgan fingerprint density at radius 1 is 1.00 bits per heavy atom. The fourth-order valence-electron chi connectivity index (χ4n) is 0.150. The summed E-state index contributed by atoms with van der Waals surface area (Å²) in [5.41, 5.74) is 3.94. The van der Waals surface area contributed by atoms with Gasteiger partial charge >= 0.3 is 0 Å². The summed E-state index contributed by atoms with van der Waals surface area (Å²) in [4.78, 5) is 0. The second kappa shape index (κ2) is 5.37. The molecule has 0 aromatic carbocycles. The van der Waals surface area contributed by atoms with Gasteiger partial charge in [-0.3, -0.25) is 0 Å². The van der Waals surface area contributed by atoms with Crippen molar-refractivity contribution < 1.29 is 37.7 Å². The van der Waals surface area contributed by atoms with Crippen molar-refractivity contribution in [3.63, 3.8) is 0 Å². The average Bonchev–Trinajstić information content (AvgIpc) is 1.87. The smallest absolute Gasteiger partial charge is 0.0856 e. The zero-order valence-electron chi connectivity index (χ0n) is 4.84. The summed E-state index contributed by atoms with van der Waals surface area (Å²) < 4.78 is 0. The molecule has 0 unspecified atom stereocenters. The molecule has 0 aliphatic heterocycles. The van der Waals surface area contributed by atoms with Crippen LogP contribution < -0.4 is 5.73 Å². The van der Waals surface area contributed by atoms with Crippen LogP contribution in [-0.4, -0.2) is 40.7 Å². The van der Waals surface area contributed by atoms with E-state index in [-0.39, 0.29) is 22.4 Å². The Labute approximate surface area is 69.2 Å². The summed E-state index contributed by atoms with van der Waals surface area (Å²) in [6, 6.07) is 0. The van der Waals surface area contributed by atoms with Crippen molar-refractivity contribution in [2.45, 2.75) is 5.54 Å². The number of aliphatic hydroxyl groups excluding tert-OH is 3. The van der Waals surface area contributed by atoms with E-state index in [0.29, 0.717) is 0 Å². The summed E-state index contributed by atoms with van der Waals surface area (Å²) >= 11 is 0. The monoisotopic (exact) mass is 228 g/mol. The number of hydrogen-bond acceptors (Lipinski definition) is 4. The molecule has 0 aliphatic rings. The fourth-order valence-corrected chi connectivity index (χ4v) is 0.150. The van der Waals surface area contributed by atoms with Crippen LogP contribution in [0, 0.1) is 0 Å². The Bertz CT molecular complexity index is 58.6. The van der Waals surface area contributed by atoms with Gasteiger partial charge in [0.15, 0.2) is 0 Å². The van der Waals surface area contributed by atoms with Crippen molar-refractivity contribution in [3.8, 4) is 0 Å². The molecule has 1 radical (unpaired) electrons. The summed E-state index contributed by atoms with van der Waals surface area (Å²) in [6.07, 6.45) is 0. The van der Waals surface area contributed by atoms with E-state index in [2.05, 4.69) is 0 Å². The summed E-state index contributed by atoms with van der Waals surface area (Å²) in [6.45, 7) is -1.21. The zero-order valence-corrected chi connectivity index (χ0v) is 6.32. The minimum absolute atomic E-state index is 0. The predicted molar refractivity (Wildman–Crippen MR) is 28.2 cm³/mol. The van der Waals surface area contributed by atoms with E-state index in [1.165, 1.54) is 0 Å². The van der Waals surface area contributed by atoms with E-state index in [1.807, 2.05) is 0 Å². The number of hydrogen-bond donors (Lipinski definition) is 4. The maximum absolute atomic E-state index is 8.34. The quantitative estimate of drug-likeness (QED) is 0.408. The second-order valence-electron chi connectivity index (χ2n) is 1.84. The molecule has 0 rings (SSSR count). The molecule has 0 spiro atoms. The Morgan fingerprint density at radius 3 is 1.22 bits per heavy atom. The van der Waals surface area contributed by atoms with E-state index < -0.39 is 25.4 Å². The van der Waals surface area contributed by atoms with Crippen LogP contribution in [0.3, 0.4) is 0 Å². The second-order valence-corrected chi connectivity index (χ2v) is 1.84. The molecule has 0 aromatic heterocycles. The molecular weight excluding hydrogens is 218 g/mol. The van der Waals surface area contributed by atoms with Crippen molar-refractivity contribution >= 4 is 0 Å². The van der Waals surface area contributed by atoms with E-state index in [0.717, 1.165) is 0 Å². The van der Waals surface area contributed by atoms with Crippen LogP contribution in [0.4, 0.5) is 0 Å². The van der Waals surface area contributed by atoms with Crippen LogP contribution in [0.15, 0.2) is 0 Å². The van der Waals surface area contributed by atoms with Crippen LogP contribution >= 0.6 is 0 Å². The molecule has 0 heterocycles. The van der Waals surface area contributed by atoms with Gasteiger partial charge in [-0.2, -0.15) is 0 Å². The molecule has 0 fully saturated rings. The van der Waals surface area contributed by atoms with Gasteiger partial charge in [0.25, 0.3) is 0 Å². The van der Waals surface area contributed by atoms with Gasteiger partial charge in [-0.05, 0) is 0 Å². The third-order valence-corrected chi connectivity index (χ3v) is 0.945. The predicted octanol–water partition coefficient (Wildman–Crippen LogP) is -2.34. The van der Waals surface area contributed by atoms with Crippen LogP contribution in [0.5, 0.6) is 0 Å². The van der Waals surface area contributed by atoms with Gasteiger partial charge in [0, 0.05) is 22.4 Å². The Kier molecular flexibility index (Phi) is 7.33. The van der Waals surface area contributed by atoms with Gasteiger partial charge in [0.1, 0.15) is 0 Å². The summed E-state index contributed by atoms with van der Waals surface area (Å²) in [5, 5.41) is 25.0. The van der Waals surface area contributed by atoms with E-state index >= 15 is 0 Å². The first kappa shape index (κ1) is 12.3. The van der Waals surface area contributed by atoms with Gasteiger partial charge in [-0.1, -0.05) is 0 Å². The summed E-state index contributed by atoms with van der Waals surface area (Å²) in [5.74, 6) is 0.